The molecule has 0 saturated heterocycles. The Hall–Kier alpha value is -2.32. The number of hydrogen-bond donors (Lipinski definition) is 1. The molecular formula is C17H15NO. The van der Waals surface area contributed by atoms with Crippen molar-refractivity contribution in [2.45, 2.75) is 6.54 Å². The number of benzene rings is 3. The predicted molar refractivity (Wildman–Crippen MR) is 78.4 cm³/mol. The van der Waals surface area contributed by atoms with Crippen LogP contribution in [-0.4, -0.2) is 0 Å². The molecule has 0 aromatic heterocycles. The van der Waals surface area contributed by atoms with E-state index in [1.54, 1.807) is 0 Å². The highest BCUT2D eigenvalue weighted by Crippen LogP contribution is 2.31. The second-order valence-corrected chi connectivity index (χ2v) is 4.39. The smallest absolute Gasteiger partial charge is 0.135 e. The molecule has 0 aliphatic rings. The minimum atomic E-state index is 0.473. The molecule has 0 amide bonds. The maximum absolute atomic E-state index is 6.03. The molecule has 0 atom stereocenters. The van der Waals surface area contributed by atoms with Crippen LogP contribution >= 0.6 is 0 Å². The Bertz CT molecular complexity index is 701. The van der Waals surface area contributed by atoms with Gasteiger partial charge in [-0.3, -0.25) is 0 Å². The van der Waals surface area contributed by atoms with Gasteiger partial charge >= 0.3 is 0 Å². The lowest BCUT2D eigenvalue weighted by Crippen LogP contribution is -1.99. The van der Waals surface area contributed by atoms with Crippen LogP contribution in [-0.2, 0) is 6.54 Å². The molecule has 19 heavy (non-hydrogen) atoms. The lowest BCUT2D eigenvalue weighted by molar-refractivity contribution is 0.482. The summed E-state index contributed by atoms with van der Waals surface area (Å²) in [6.07, 6.45) is 0. The van der Waals surface area contributed by atoms with Gasteiger partial charge in [0.1, 0.15) is 11.5 Å². The van der Waals surface area contributed by atoms with Gasteiger partial charge in [0.05, 0.1) is 0 Å². The van der Waals surface area contributed by atoms with Gasteiger partial charge in [-0.05, 0) is 17.5 Å². The fourth-order valence-electron chi connectivity index (χ4n) is 2.18. The fourth-order valence-corrected chi connectivity index (χ4v) is 2.18. The summed E-state index contributed by atoms with van der Waals surface area (Å²) in [5.41, 5.74) is 6.75. The molecule has 0 radical (unpaired) electrons. The zero-order chi connectivity index (χ0) is 13.1. The maximum Gasteiger partial charge on any atom is 0.135 e. The van der Waals surface area contributed by atoms with Crippen LogP contribution in [0.25, 0.3) is 10.8 Å². The molecule has 0 unspecified atom stereocenters. The van der Waals surface area contributed by atoms with E-state index in [2.05, 4.69) is 18.2 Å². The predicted octanol–water partition coefficient (Wildman–Crippen LogP) is 4.09. The largest absolute Gasteiger partial charge is 0.456 e. The average Bonchev–Trinajstić information content (AvgIpc) is 2.48. The second-order valence-electron chi connectivity index (χ2n) is 4.39. The third-order valence-corrected chi connectivity index (χ3v) is 3.16. The van der Waals surface area contributed by atoms with E-state index in [1.165, 1.54) is 5.39 Å². The van der Waals surface area contributed by atoms with Gasteiger partial charge < -0.3 is 10.5 Å². The fraction of sp³-hybridized carbons (Fsp3) is 0.0588. The first kappa shape index (κ1) is 11.8. The first-order chi connectivity index (χ1) is 9.38. The van der Waals surface area contributed by atoms with Crippen LogP contribution in [0.1, 0.15) is 5.56 Å². The molecule has 3 aromatic carbocycles. The molecule has 3 aromatic rings. The summed E-state index contributed by atoms with van der Waals surface area (Å²) in [7, 11) is 0. The molecule has 0 aliphatic carbocycles. The summed E-state index contributed by atoms with van der Waals surface area (Å²) in [5.74, 6) is 1.68. The molecule has 0 saturated carbocycles. The zero-order valence-corrected chi connectivity index (χ0v) is 10.5. The number of ether oxygens (including phenoxy) is 1. The molecule has 0 heterocycles. The molecule has 3 rings (SSSR count). The Kier molecular flexibility index (Phi) is 3.17. The molecular weight excluding hydrogens is 234 g/mol. The SMILES string of the molecule is NCc1ccccc1Oc1cccc2ccccc12. The van der Waals surface area contributed by atoms with E-state index in [1.807, 2.05) is 48.5 Å². The molecule has 0 spiro atoms. The third kappa shape index (κ3) is 2.30. The number of rotatable bonds is 3. The summed E-state index contributed by atoms with van der Waals surface area (Å²) >= 11 is 0. The normalized spacial score (nSPS) is 10.6. The van der Waals surface area contributed by atoms with Crippen LogP contribution in [0, 0.1) is 0 Å². The van der Waals surface area contributed by atoms with E-state index < -0.39 is 0 Å². The Morgan fingerprint density at radius 2 is 1.42 bits per heavy atom. The lowest BCUT2D eigenvalue weighted by atomic mass is 10.1. The first-order valence-corrected chi connectivity index (χ1v) is 6.32. The van der Waals surface area contributed by atoms with Gasteiger partial charge in [0.25, 0.3) is 0 Å². The van der Waals surface area contributed by atoms with Gasteiger partial charge in [0.2, 0.25) is 0 Å². The third-order valence-electron chi connectivity index (χ3n) is 3.16. The van der Waals surface area contributed by atoms with Gasteiger partial charge in [-0.2, -0.15) is 0 Å². The summed E-state index contributed by atoms with van der Waals surface area (Å²) in [6.45, 7) is 0.473. The second kappa shape index (κ2) is 5.12. The Balaban J connectivity index is 2.06. The number of para-hydroxylation sites is 1. The lowest BCUT2D eigenvalue weighted by Gasteiger charge is -2.11. The van der Waals surface area contributed by atoms with Crippen molar-refractivity contribution in [3.8, 4) is 11.5 Å². The topological polar surface area (TPSA) is 35.2 Å². The Morgan fingerprint density at radius 1 is 0.737 bits per heavy atom. The molecule has 2 N–H and O–H groups in total. The van der Waals surface area contributed by atoms with Crippen molar-refractivity contribution in [3.05, 3.63) is 72.3 Å². The first-order valence-electron chi connectivity index (χ1n) is 6.32. The van der Waals surface area contributed by atoms with Crippen LogP contribution in [0.15, 0.2) is 66.7 Å². The molecule has 0 fully saturated rings. The van der Waals surface area contributed by atoms with Crippen molar-refractivity contribution in [1.82, 2.24) is 0 Å². The monoisotopic (exact) mass is 249 g/mol. The van der Waals surface area contributed by atoms with E-state index >= 15 is 0 Å². The quantitative estimate of drug-likeness (QED) is 0.758. The molecule has 2 heteroatoms. The summed E-state index contributed by atoms with van der Waals surface area (Å²) in [4.78, 5) is 0. The van der Waals surface area contributed by atoms with Crippen LogP contribution in [0.4, 0.5) is 0 Å². The van der Waals surface area contributed by atoms with Crippen LogP contribution in [0.2, 0.25) is 0 Å². The minimum Gasteiger partial charge on any atom is -0.456 e. The van der Waals surface area contributed by atoms with E-state index in [-0.39, 0.29) is 0 Å². The van der Waals surface area contributed by atoms with Crippen molar-refractivity contribution in [2.75, 3.05) is 0 Å². The zero-order valence-electron chi connectivity index (χ0n) is 10.5. The van der Waals surface area contributed by atoms with E-state index in [4.69, 9.17) is 10.5 Å². The van der Waals surface area contributed by atoms with Crippen LogP contribution in [0.3, 0.4) is 0 Å². The maximum atomic E-state index is 6.03. The van der Waals surface area contributed by atoms with Crippen molar-refractivity contribution >= 4 is 10.8 Å². The Labute approximate surface area is 112 Å². The van der Waals surface area contributed by atoms with E-state index in [9.17, 15) is 0 Å². The minimum absolute atomic E-state index is 0.473. The summed E-state index contributed by atoms with van der Waals surface area (Å²) < 4.78 is 6.03. The molecule has 0 bridgehead atoms. The van der Waals surface area contributed by atoms with Gasteiger partial charge in [-0.1, -0.05) is 54.6 Å². The highest BCUT2D eigenvalue weighted by molar-refractivity contribution is 5.88. The van der Waals surface area contributed by atoms with Gasteiger partial charge in [0.15, 0.2) is 0 Å². The van der Waals surface area contributed by atoms with Crippen molar-refractivity contribution < 1.29 is 4.74 Å². The van der Waals surface area contributed by atoms with Crippen molar-refractivity contribution in [3.63, 3.8) is 0 Å². The van der Waals surface area contributed by atoms with Crippen molar-refractivity contribution in [2.24, 2.45) is 5.73 Å². The highest BCUT2D eigenvalue weighted by atomic mass is 16.5. The van der Waals surface area contributed by atoms with Crippen LogP contribution < -0.4 is 10.5 Å². The highest BCUT2D eigenvalue weighted by Gasteiger charge is 2.05. The van der Waals surface area contributed by atoms with Gasteiger partial charge in [0, 0.05) is 17.5 Å². The molecule has 0 aliphatic heterocycles. The van der Waals surface area contributed by atoms with Gasteiger partial charge in [-0.25, -0.2) is 0 Å². The number of fused-ring (bicyclic) bond motifs is 1. The standard InChI is InChI=1S/C17H15NO/c18-12-14-7-2-4-10-16(14)19-17-11-5-8-13-6-1-3-9-15(13)17/h1-11H,12,18H2. The number of hydrogen-bond acceptors (Lipinski definition) is 2. The molecule has 2 nitrogen and oxygen atoms in total. The van der Waals surface area contributed by atoms with E-state index in [0.29, 0.717) is 6.54 Å². The molecule has 94 valence electrons. The van der Waals surface area contributed by atoms with E-state index in [0.717, 1.165) is 22.4 Å². The van der Waals surface area contributed by atoms with Crippen LogP contribution in [0.5, 0.6) is 11.5 Å². The Morgan fingerprint density at radius 3 is 2.32 bits per heavy atom. The summed E-state index contributed by atoms with van der Waals surface area (Å²) in [5, 5.41) is 2.28. The number of nitrogens with two attached hydrogens (primary N) is 1. The van der Waals surface area contributed by atoms with Crippen molar-refractivity contribution in [1.29, 1.82) is 0 Å². The summed E-state index contributed by atoms with van der Waals surface area (Å²) in [6, 6.07) is 22.1. The van der Waals surface area contributed by atoms with Gasteiger partial charge in [-0.15, -0.1) is 0 Å². The average molecular weight is 249 g/mol.